The molecule has 5 nitrogen and oxygen atoms in total. The second kappa shape index (κ2) is 9.54. The number of amides is 1. The number of fused-ring (bicyclic) bond motifs is 1. The molecule has 0 aliphatic carbocycles. The molecule has 1 fully saturated rings. The van der Waals surface area contributed by atoms with Crippen LogP contribution in [0, 0.1) is 0 Å². The number of benzene rings is 3. The summed E-state index contributed by atoms with van der Waals surface area (Å²) in [4.78, 5) is 14.6. The Morgan fingerprint density at radius 3 is 2.69 bits per heavy atom. The lowest BCUT2D eigenvalue weighted by Crippen LogP contribution is -2.47. The van der Waals surface area contributed by atoms with Gasteiger partial charge in [0.2, 0.25) is 0 Å². The maximum absolute atomic E-state index is 12.2. The summed E-state index contributed by atoms with van der Waals surface area (Å²) in [5.41, 5.74) is 1.29. The molecule has 0 bridgehead atoms. The van der Waals surface area contributed by atoms with Crippen molar-refractivity contribution in [3.8, 4) is 5.75 Å². The third-order valence-electron chi connectivity index (χ3n) is 5.09. The smallest absolute Gasteiger partial charge is 0.258 e. The number of hydrogen-bond donors (Lipinski definition) is 1. The van der Waals surface area contributed by atoms with Crippen LogP contribution in [0.3, 0.4) is 0 Å². The molecule has 29 heavy (non-hydrogen) atoms. The molecule has 0 radical (unpaired) electrons. The number of nitrogens with zero attached hydrogens (tertiary/aromatic N) is 1. The maximum atomic E-state index is 12.2. The van der Waals surface area contributed by atoms with Crippen LogP contribution >= 0.6 is 0 Å². The van der Waals surface area contributed by atoms with Crippen LogP contribution in [0.4, 0.5) is 0 Å². The molecule has 1 unspecified atom stereocenters. The van der Waals surface area contributed by atoms with E-state index in [1.807, 2.05) is 42.5 Å². The summed E-state index contributed by atoms with van der Waals surface area (Å²) in [7, 11) is 0. The van der Waals surface area contributed by atoms with Gasteiger partial charge in [0.1, 0.15) is 5.75 Å². The van der Waals surface area contributed by atoms with Gasteiger partial charge in [-0.15, -0.1) is 0 Å². The standard InChI is InChI=1S/C24H26N2O3/c27-24(18-29-22-11-10-20-8-4-5-9-21(20)14-22)25-15-23-17-26(12-13-28-23)16-19-6-2-1-3-7-19/h1-11,14,23H,12-13,15-18H2,(H,25,27). The number of nitrogens with one attached hydrogen (secondary N) is 1. The van der Waals surface area contributed by atoms with Gasteiger partial charge in [0.15, 0.2) is 6.61 Å². The quantitative estimate of drug-likeness (QED) is 0.673. The first-order chi connectivity index (χ1) is 14.3. The third-order valence-corrected chi connectivity index (χ3v) is 5.09. The second-order valence-corrected chi connectivity index (χ2v) is 7.32. The fourth-order valence-electron chi connectivity index (χ4n) is 3.57. The SMILES string of the molecule is O=C(COc1ccc2ccccc2c1)NCC1CN(Cc2ccccc2)CCO1. The average molecular weight is 390 g/mol. The molecule has 1 amide bonds. The molecule has 1 aliphatic rings. The summed E-state index contributed by atoms with van der Waals surface area (Å²) < 4.78 is 11.5. The van der Waals surface area contributed by atoms with E-state index < -0.39 is 0 Å². The monoisotopic (exact) mass is 390 g/mol. The van der Waals surface area contributed by atoms with Gasteiger partial charge >= 0.3 is 0 Å². The van der Waals surface area contributed by atoms with Crippen molar-refractivity contribution in [3.05, 3.63) is 78.4 Å². The van der Waals surface area contributed by atoms with Gasteiger partial charge in [0.05, 0.1) is 12.7 Å². The molecule has 0 spiro atoms. The van der Waals surface area contributed by atoms with Gasteiger partial charge in [-0.2, -0.15) is 0 Å². The molecule has 1 heterocycles. The Hall–Kier alpha value is -2.89. The van der Waals surface area contributed by atoms with E-state index in [9.17, 15) is 4.79 Å². The molecule has 1 aliphatic heterocycles. The lowest BCUT2D eigenvalue weighted by Gasteiger charge is -2.33. The zero-order valence-corrected chi connectivity index (χ0v) is 16.4. The number of carbonyl (C=O) groups excluding carboxylic acids is 1. The second-order valence-electron chi connectivity index (χ2n) is 7.32. The van der Waals surface area contributed by atoms with Crippen molar-refractivity contribution in [2.75, 3.05) is 32.8 Å². The average Bonchev–Trinajstić information content (AvgIpc) is 2.77. The van der Waals surface area contributed by atoms with E-state index in [0.717, 1.165) is 30.4 Å². The van der Waals surface area contributed by atoms with Crippen molar-refractivity contribution in [1.82, 2.24) is 10.2 Å². The van der Waals surface area contributed by atoms with Gasteiger partial charge in [-0.3, -0.25) is 9.69 Å². The van der Waals surface area contributed by atoms with Gasteiger partial charge in [-0.1, -0.05) is 60.7 Å². The molecule has 5 heteroatoms. The molecule has 3 aromatic rings. The van der Waals surface area contributed by atoms with Crippen LogP contribution in [-0.4, -0.2) is 49.8 Å². The van der Waals surface area contributed by atoms with Crippen molar-refractivity contribution in [2.45, 2.75) is 12.6 Å². The zero-order chi connectivity index (χ0) is 19.9. The molecule has 150 valence electrons. The third kappa shape index (κ3) is 5.56. The Bertz CT molecular complexity index is 945. The first-order valence-electron chi connectivity index (χ1n) is 10.0. The molecule has 1 atom stereocenters. The van der Waals surface area contributed by atoms with E-state index in [-0.39, 0.29) is 18.6 Å². The highest BCUT2D eigenvalue weighted by molar-refractivity contribution is 5.84. The summed E-state index contributed by atoms with van der Waals surface area (Å²) in [6.07, 6.45) is -0.00270. The van der Waals surface area contributed by atoms with E-state index in [1.54, 1.807) is 0 Å². The molecule has 3 aromatic carbocycles. The Morgan fingerprint density at radius 2 is 1.83 bits per heavy atom. The van der Waals surface area contributed by atoms with Crippen molar-refractivity contribution in [3.63, 3.8) is 0 Å². The fraction of sp³-hybridized carbons (Fsp3) is 0.292. The number of morpholine rings is 1. The Labute approximate surface area is 171 Å². The van der Waals surface area contributed by atoms with Crippen molar-refractivity contribution < 1.29 is 14.3 Å². The lowest BCUT2D eigenvalue weighted by atomic mass is 10.1. The molecule has 1 saturated heterocycles. The first kappa shape index (κ1) is 19.4. The summed E-state index contributed by atoms with van der Waals surface area (Å²) in [6.45, 7) is 3.79. The normalized spacial score (nSPS) is 17.2. The molecule has 4 rings (SSSR count). The molecule has 1 N–H and O–H groups in total. The Balaban J connectivity index is 1.21. The van der Waals surface area contributed by atoms with E-state index >= 15 is 0 Å². The molecule has 0 saturated carbocycles. The fourth-order valence-corrected chi connectivity index (χ4v) is 3.57. The summed E-state index contributed by atoms with van der Waals surface area (Å²) in [6, 6.07) is 24.3. The summed E-state index contributed by atoms with van der Waals surface area (Å²) in [5.74, 6) is 0.559. The largest absolute Gasteiger partial charge is 0.484 e. The van der Waals surface area contributed by atoms with Crippen LogP contribution in [0.25, 0.3) is 10.8 Å². The van der Waals surface area contributed by atoms with Gasteiger partial charge < -0.3 is 14.8 Å². The molecular weight excluding hydrogens is 364 g/mol. The predicted octanol–water partition coefficient (Wildman–Crippen LogP) is 3.24. The van der Waals surface area contributed by atoms with Crippen molar-refractivity contribution >= 4 is 16.7 Å². The van der Waals surface area contributed by atoms with E-state index in [2.05, 4.69) is 40.5 Å². The van der Waals surface area contributed by atoms with Crippen LogP contribution < -0.4 is 10.1 Å². The van der Waals surface area contributed by atoms with Crippen molar-refractivity contribution in [1.29, 1.82) is 0 Å². The minimum atomic E-state index is -0.137. The number of rotatable bonds is 7. The molecular formula is C24H26N2O3. The van der Waals surface area contributed by atoms with Gasteiger partial charge in [0.25, 0.3) is 5.91 Å². The van der Waals surface area contributed by atoms with Crippen LogP contribution in [0.1, 0.15) is 5.56 Å². The molecule has 0 aromatic heterocycles. The first-order valence-corrected chi connectivity index (χ1v) is 10.0. The van der Waals surface area contributed by atoms with Gasteiger partial charge in [-0.25, -0.2) is 0 Å². The Morgan fingerprint density at radius 1 is 1.03 bits per heavy atom. The van der Waals surface area contributed by atoms with Crippen LogP contribution in [-0.2, 0) is 16.1 Å². The predicted molar refractivity (Wildman–Crippen MR) is 114 cm³/mol. The van der Waals surface area contributed by atoms with Gasteiger partial charge in [0, 0.05) is 26.2 Å². The van der Waals surface area contributed by atoms with E-state index in [4.69, 9.17) is 9.47 Å². The summed E-state index contributed by atoms with van der Waals surface area (Å²) in [5, 5.41) is 5.18. The minimum absolute atomic E-state index is 0.00120. The van der Waals surface area contributed by atoms with Crippen molar-refractivity contribution in [2.24, 2.45) is 0 Å². The zero-order valence-electron chi connectivity index (χ0n) is 16.4. The highest BCUT2D eigenvalue weighted by atomic mass is 16.5. The number of hydrogen-bond acceptors (Lipinski definition) is 4. The maximum Gasteiger partial charge on any atom is 0.258 e. The van der Waals surface area contributed by atoms with E-state index in [1.165, 1.54) is 5.56 Å². The topological polar surface area (TPSA) is 50.8 Å². The van der Waals surface area contributed by atoms with Crippen LogP contribution in [0.15, 0.2) is 72.8 Å². The van der Waals surface area contributed by atoms with Crippen LogP contribution in [0.2, 0.25) is 0 Å². The lowest BCUT2D eigenvalue weighted by molar-refractivity contribution is -0.124. The summed E-state index contributed by atoms with van der Waals surface area (Å²) >= 11 is 0. The highest BCUT2D eigenvalue weighted by Crippen LogP contribution is 2.20. The van der Waals surface area contributed by atoms with Crippen LogP contribution in [0.5, 0.6) is 5.75 Å². The Kier molecular flexibility index (Phi) is 6.39. The number of carbonyl (C=O) groups is 1. The van der Waals surface area contributed by atoms with Gasteiger partial charge in [-0.05, 0) is 28.5 Å². The highest BCUT2D eigenvalue weighted by Gasteiger charge is 2.21. The number of ether oxygens (including phenoxy) is 2. The minimum Gasteiger partial charge on any atom is -0.484 e. The van der Waals surface area contributed by atoms with E-state index in [0.29, 0.717) is 18.9 Å².